The minimum absolute atomic E-state index is 0. The molecule has 1 amide bonds. The van der Waals surface area contributed by atoms with Gasteiger partial charge in [-0.1, -0.05) is 12.1 Å². The van der Waals surface area contributed by atoms with E-state index in [0.717, 1.165) is 35.1 Å². The topological polar surface area (TPSA) is 32.3 Å². The summed E-state index contributed by atoms with van der Waals surface area (Å²) in [5.41, 5.74) is 2.00. The van der Waals surface area contributed by atoms with E-state index >= 15 is 0 Å². The number of piperidine rings is 1. The second kappa shape index (κ2) is 7.45. The van der Waals surface area contributed by atoms with E-state index in [-0.39, 0.29) is 18.3 Å². The Balaban J connectivity index is 0.00000180. The number of amides is 1. The predicted molar refractivity (Wildman–Crippen MR) is 89.1 cm³/mol. The van der Waals surface area contributed by atoms with Gasteiger partial charge in [0, 0.05) is 16.7 Å². The van der Waals surface area contributed by atoms with Crippen molar-refractivity contribution in [3.8, 4) is 0 Å². The molecular formula is C14H20ClIN2O. The van der Waals surface area contributed by atoms with Gasteiger partial charge in [-0.3, -0.25) is 4.79 Å². The lowest BCUT2D eigenvalue weighted by Crippen LogP contribution is -2.44. The van der Waals surface area contributed by atoms with E-state index in [1.54, 1.807) is 0 Å². The Kier molecular flexibility index (Phi) is 6.56. The molecule has 1 aliphatic heterocycles. The SMILES string of the molecule is Cc1cccc(C(=O)N(C)C2CCNCC2)c1I.Cl. The summed E-state index contributed by atoms with van der Waals surface area (Å²) in [7, 11) is 1.93. The van der Waals surface area contributed by atoms with Gasteiger partial charge in [0.1, 0.15) is 0 Å². The molecule has 1 N–H and O–H groups in total. The van der Waals surface area contributed by atoms with Gasteiger partial charge in [-0.05, 0) is 67.1 Å². The van der Waals surface area contributed by atoms with Gasteiger partial charge in [0.15, 0.2) is 0 Å². The van der Waals surface area contributed by atoms with Gasteiger partial charge in [0.2, 0.25) is 0 Å². The van der Waals surface area contributed by atoms with E-state index in [9.17, 15) is 4.79 Å². The number of rotatable bonds is 2. The lowest BCUT2D eigenvalue weighted by molar-refractivity contribution is 0.0702. The van der Waals surface area contributed by atoms with Crippen LogP contribution in [-0.2, 0) is 0 Å². The summed E-state index contributed by atoms with van der Waals surface area (Å²) >= 11 is 2.26. The molecule has 0 bridgehead atoms. The van der Waals surface area contributed by atoms with Crippen LogP contribution < -0.4 is 5.32 Å². The van der Waals surface area contributed by atoms with Crippen molar-refractivity contribution in [1.29, 1.82) is 0 Å². The van der Waals surface area contributed by atoms with E-state index in [4.69, 9.17) is 0 Å². The molecule has 19 heavy (non-hydrogen) atoms. The molecule has 0 unspecified atom stereocenters. The third kappa shape index (κ3) is 3.83. The molecule has 0 saturated carbocycles. The average Bonchev–Trinajstić information content (AvgIpc) is 2.41. The Morgan fingerprint density at radius 1 is 1.37 bits per heavy atom. The number of hydrogen-bond acceptors (Lipinski definition) is 2. The number of nitrogens with zero attached hydrogens (tertiary/aromatic N) is 1. The number of hydrogen-bond donors (Lipinski definition) is 1. The molecule has 1 aromatic rings. The van der Waals surface area contributed by atoms with Crippen molar-refractivity contribution in [2.75, 3.05) is 20.1 Å². The van der Waals surface area contributed by atoms with E-state index in [1.165, 1.54) is 5.56 Å². The lowest BCUT2D eigenvalue weighted by atomic mass is 10.0. The second-order valence-corrected chi connectivity index (χ2v) is 5.91. The Hall–Kier alpha value is -0.330. The van der Waals surface area contributed by atoms with E-state index in [0.29, 0.717) is 6.04 Å². The van der Waals surface area contributed by atoms with Gasteiger partial charge >= 0.3 is 0 Å². The molecule has 106 valence electrons. The third-order valence-electron chi connectivity index (χ3n) is 3.60. The minimum Gasteiger partial charge on any atom is -0.339 e. The highest BCUT2D eigenvalue weighted by atomic mass is 127. The van der Waals surface area contributed by atoms with Crippen LogP contribution in [0.25, 0.3) is 0 Å². The van der Waals surface area contributed by atoms with Crippen LogP contribution in [0.2, 0.25) is 0 Å². The van der Waals surface area contributed by atoms with Crippen molar-refractivity contribution >= 4 is 40.9 Å². The lowest BCUT2D eigenvalue weighted by Gasteiger charge is -2.32. The van der Waals surface area contributed by atoms with E-state index in [2.05, 4.69) is 27.9 Å². The highest BCUT2D eigenvalue weighted by molar-refractivity contribution is 14.1. The number of benzene rings is 1. The first kappa shape index (κ1) is 16.7. The molecule has 1 saturated heterocycles. The largest absolute Gasteiger partial charge is 0.339 e. The van der Waals surface area contributed by atoms with Gasteiger partial charge in [-0.2, -0.15) is 0 Å². The van der Waals surface area contributed by atoms with Gasteiger partial charge in [-0.25, -0.2) is 0 Å². The van der Waals surface area contributed by atoms with Crippen LogP contribution in [0, 0.1) is 10.5 Å². The van der Waals surface area contributed by atoms with Gasteiger partial charge in [0.05, 0.1) is 5.56 Å². The van der Waals surface area contributed by atoms with Gasteiger partial charge in [-0.15, -0.1) is 12.4 Å². The van der Waals surface area contributed by atoms with Crippen LogP contribution in [0.15, 0.2) is 18.2 Å². The number of nitrogens with one attached hydrogen (secondary N) is 1. The summed E-state index contributed by atoms with van der Waals surface area (Å²) < 4.78 is 1.07. The monoisotopic (exact) mass is 394 g/mol. The highest BCUT2D eigenvalue weighted by Gasteiger charge is 2.24. The molecule has 1 aromatic carbocycles. The Morgan fingerprint density at radius 3 is 2.63 bits per heavy atom. The van der Waals surface area contributed by atoms with Crippen LogP contribution in [0.5, 0.6) is 0 Å². The van der Waals surface area contributed by atoms with Crippen molar-refractivity contribution < 1.29 is 4.79 Å². The number of aryl methyl sites for hydroxylation is 1. The third-order valence-corrected chi connectivity index (χ3v) is 5.03. The molecule has 0 aliphatic carbocycles. The van der Waals surface area contributed by atoms with Crippen molar-refractivity contribution in [2.45, 2.75) is 25.8 Å². The maximum absolute atomic E-state index is 12.5. The molecule has 0 spiro atoms. The molecular weight excluding hydrogens is 375 g/mol. The maximum atomic E-state index is 12.5. The molecule has 5 heteroatoms. The number of halogens is 2. The van der Waals surface area contributed by atoms with Crippen LogP contribution in [0.1, 0.15) is 28.8 Å². The standard InChI is InChI=1S/C14H19IN2O.ClH/c1-10-4-3-5-12(13(10)15)14(18)17(2)11-6-8-16-9-7-11;/h3-5,11,16H,6-9H2,1-2H3;1H. The minimum atomic E-state index is 0. The van der Waals surface area contributed by atoms with Crippen LogP contribution in [-0.4, -0.2) is 37.0 Å². The summed E-state index contributed by atoms with van der Waals surface area (Å²) in [5.74, 6) is 0.148. The number of carbonyl (C=O) groups is 1. The van der Waals surface area contributed by atoms with Crippen LogP contribution in [0.4, 0.5) is 0 Å². The number of carbonyl (C=O) groups excluding carboxylic acids is 1. The fourth-order valence-corrected chi connectivity index (χ4v) is 2.95. The van der Waals surface area contributed by atoms with Gasteiger partial charge < -0.3 is 10.2 Å². The summed E-state index contributed by atoms with van der Waals surface area (Å²) in [6, 6.07) is 6.30. The molecule has 3 nitrogen and oxygen atoms in total. The average molecular weight is 395 g/mol. The molecule has 1 heterocycles. The summed E-state index contributed by atoms with van der Waals surface area (Å²) in [4.78, 5) is 14.4. The highest BCUT2D eigenvalue weighted by Crippen LogP contribution is 2.20. The second-order valence-electron chi connectivity index (χ2n) is 4.83. The van der Waals surface area contributed by atoms with Crippen molar-refractivity contribution in [1.82, 2.24) is 10.2 Å². The Bertz CT molecular complexity index is 447. The van der Waals surface area contributed by atoms with Crippen molar-refractivity contribution in [3.05, 3.63) is 32.9 Å². The Morgan fingerprint density at radius 2 is 2.00 bits per heavy atom. The summed E-state index contributed by atoms with van der Waals surface area (Å²) in [5, 5.41) is 3.33. The predicted octanol–water partition coefficient (Wildman–Crippen LogP) is 2.85. The zero-order valence-corrected chi connectivity index (χ0v) is 14.3. The normalized spacial score (nSPS) is 15.7. The van der Waals surface area contributed by atoms with Crippen molar-refractivity contribution in [3.63, 3.8) is 0 Å². The fourth-order valence-electron chi connectivity index (χ4n) is 2.36. The van der Waals surface area contributed by atoms with Crippen LogP contribution in [0.3, 0.4) is 0 Å². The molecule has 0 atom stereocenters. The molecule has 1 aliphatic rings. The van der Waals surface area contributed by atoms with Crippen molar-refractivity contribution in [2.24, 2.45) is 0 Å². The quantitative estimate of drug-likeness (QED) is 0.782. The zero-order valence-electron chi connectivity index (χ0n) is 11.3. The molecule has 0 radical (unpaired) electrons. The molecule has 1 fully saturated rings. The first-order chi connectivity index (χ1) is 8.61. The first-order valence-electron chi connectivity index (χ1n) is 6.34. The fraction of sp³-hybridized carbons (Fsp3) is 0.500. The van der Waals surface area contributed by atoms with Crippen LogP contribution >= 0.6 is 35.0 Å². The van der Waals surface area contributed by atoms with E-state index < -0.39 is 0 Å². The van der Waals surface area contributed by atoms with Gasteiger partial charge in [0.25, 0.3) is 5.91 Å². The van der Waals surface area contributed by atoms with E-state index in [1.807, 2.05) is 37.1 Å². The molecule has 0 aromatic heterocycles. The first-order valence-corrected chi connectivity index (χ1v) is 7.42. The summed E-state index contributed by atoms with van der Waals surface area (Å²) in [6.45, 7) is 4.06. The Labute approximate surface area is 134 Å². The zero-order chi connectivity index (χ0) is 13.1. The molecule has 2 rings (SSSR count). The summed E-state index contributed by atoms with van der Waals surface area (Å²) in [6.07, 6.45) is 2.09. The smallest absolute Gasteiger partial charge is 0.254 e. The maximum Gasteiger partial charge on any atom is 0.254 e.